The minimum atomic E-state index is -1.05. The van der Waals surface area contributed by atoms with Crippen LogP contribution in [0, 0.1) is 12.8 Å². The van der Waals surface area contributed by atoms with E-state index in [4.69, 9.17) is 15.0 Å². The molecule has 5 aromatic rings. The quantitative estimate of drug-likeness (QED) is 0.186. The number of thiazole rings is 1. The maximum atomic E-state index is 10.7. The molecule has 41 heavy (non-hydrogen) atoms. The summed E-state index contributed by atoms with van der Waals surface area (Å²) in [7, 11) is 1.90. The summed E-state index contributed by atoms with van der Waals surface area (Å²) in [6.45, 7) is 3.74. The molecule has 12 heteroatoms. The zero-order valence-electron chi connectivity index (χ0n) is 22.9. The molecule has 5 N–H and O–H groups in total. The molecule has 0 saturated heterocycles. The van der Waals surface area contributed by atoms with Crippen LogP contribution in [0.25, 0.3) is 31.9 Å². The molecule has 0 aliphatic heterocycles. The van der Waals surface area contributed by atoms with E-state index >= 15 is 0 Å². The van der Waals surface area contributed by atoms with Crippen molar-refractivity contribution in [2.75, 3.05) is 17.2 Å². The normalized spacial score (nSPS) is 21.3. The number of pyridine rings is 1. The number of hydrogen-bond acceptors (Lipinski definition) is 11. The number of aliphatic hydroxyl groups excluding tert-OH is 3. The zero-order chi connectivity index (χ0) is 28.7. The van der Waals surface area contributed by atoms with Crippen LogP contribution in [0.15, 0.2) is 55.1 Å². The van der Waals surface area contributed by atoms with E-state index in [1.54, 1.807) is 17.1 Å². The van der Waals surface area contributed by atoms with E-state index in [1.165, 1.54) is 11.3 Å². The lowest BCUT2D eigenvalue weighted by atomic mass is 10.0. The molecule has 4 heterocycles. The van der Waals surface area contributed by atoms with Crippen LogP contribution in [-0.4, -0.2) is 69.9 Å². The van der Waals surface area contributed by atoms with Crippen LogP contribution in [0.5, 0.6) is 0 Å². The van der Waals surface area contributed by atoms with Gasteiger partial charge in [-0.3, -0.25) is 9.67 Å². The standard InChI is InChI=1S/C29H32N8O3S/c1-15(17-4-6-18(7-5-17)20-11-31-37(3)13-20)32-29-33-16(2)24(28-35-22-12-30-9-8-23(22)41-28)27(36-29)34-21-10-19(14-38)25(39)26(21)40/h4-9,11-13,15,19,21,25-26,38-40H,10,14H2,1-3H3,(H2,32,33,34,36). The molecule has 0 spiro atoms. The van der Waals surface area contributed by atoms with Gasteiger partial charge in [0, 0.05) is 37.5 Å². The van der Waals surface area contributed by atoms with Crippen molar-refractivity contribution in [2.24, 2.45) is 13.0 Å². The fourth-order valence-corrected chi connectivity index (χ4v) is 6.35. The Morgan fingerprint density at radius 1 is 1.05 bits per heavy atom. The van der Waals surface area contributed by atoms with Crippen LogP contribution < -0.4 is 10.6 Å². The van der Waals surface area contributed by atoms with E-state index in [9.17, 15) is 15.3 Å². The van der Waals surface area contributed by atoms with Crippen molar-refractivity contribution < 1.29 is 15.3 Å². The molecular formula is C29H32N8O3S. The zero-order valence-corrected chi connectivity index (χ0v) is 23.7. The molecule has 1 fully saturated rings. The fraction of sp³-hybridized carbons (Fsp3) is 0.345. The van der Waals surface area contributed by atoms with Gasteiger partial charge in [-0.15, -0.1) is 11.3 Å². The third kappa shape index (κ3) is 5.38. The predicted octanol–water partition coefficient (Wildman–Crippen LogP) is 3.54. The number of aliphatic hydroxyl groups is 3. The molecule has 1 aliphatic rings. The Morgan fingerprint density at radius 2 is 1.85 bits per heavy atom. The lowest BCUT2D eigenvalue weighted by Gasteiger charge is -2.22. The lowest BCUT2D eigenvalue weighted by Crippen LogP contribution is -2.35. The SMILES string of the molecule is Cc1nc(NC(C)c2ccc(-c3cnn(C)c3)cc2)nc(NC2CC(CO)C(O)C2O)c1-c1nc2cnccc2s1. The highest BCUT2D eigenvalue weighted by Crippen LogP contribution is 2.38. The number of nitrogens with zero attached hydrogens (tertiary/aromatic N) is 6. The van der Waals surface area contributed by atoms with Gasteiger partial charge in [-0.2, -0.15) is 10.1 Å². The van der Waals surface area contributed by atoms with Crippen molar-refractivity contribution in [1.29, 1.82) is 0 Å². The van der Waals surface area contributed by atoms with E-state index in [0.717, 1.165) is 37.5 Å². The Bertz CT molecular complexity index is 1640. The summed E-state index contributed by atoms with van der Waals surface area (Å²) in [6, 6.07) is 9.60. The Kier molecular flexibility index (Phi) is 7.39. The minimum absolute atomic E-state index is 0.0952. The highest BCUT2D eigenvalue weighted by Gasteiger charge is 2.41. The van der Waals surface area contributed by atoms with E-state index in [2.05, 4.69) is 45.0 Å². The predicted molar refractivity (Wildman–Crippen MR) is 158 cm³/mol. The summed E-state index contributed by atoms with van der Waals surface area (Å²) in [5.74, 6) is 0.503. The summed E-state index contributed by atoms with van der Waals surface area (Å²) < 4.78 is 2.77. The largest absolute Gasteiger partial charge is 0.396 e. The van der Waals surface area contributed by atoms with Crippen molar-refractivity contribution in [1.82, 2.24) is 29.7 Å². The average molecular weight is 573 g/mol. The molecule has 5 unspecified atom stereocenters. The summed E-state index contributed by atoms with van der Waals surface area (Å²) in [4.78, 5) is 18.6. The van der Waals surface area contributed by atoms with Gasteiger partial charge < -0.3 is 26.0 Å². The van der Waals surface area contributed by atoms with Gasteiger partial charge in [0.05, 0.1) is 46.5 Å². The van der Waals surface area contributed by atoms with Crippen LogP contribution in [-0.2, 0) is 7.05 Å². The average Bonchev–Trinajstić information content (AvgIpc) is 3.66. The molecule has 1 aromatic carbocycles. The summed E-state index contributed by atoms with van der Waals surface area (Å²) in [5.41, 5.74) is 5.42. The van der Waals surface area contributed by atoms with E-state index in [1.807, 2.05) is 39.4 Å². The molecule has 0 radical (unpaired) electrons. The van der Waals surface area contributed by atoms with Gasteiger partial charge in [-0.25, -0.2) is 9.97 Å². The minimum Gasteiger partial charge on any atom is -0.396 e. The van der Waals surface area contributed by atoms with Crippen LogP contribution in [0.4, 0.5) is 11.8 Å². The van der Waals surface area contributed by atoms with Gasteiger partial charge >= 0.3 is 0 Å². The second-order valence-corrected chi connectivity index (χ2v) is 11.6. The van der Waals surface area contributed by atoms with Crippen molar-refractivity contribution in [2.45, 2.75) is 44.6 Å². The number of rotatable bonds is 8. The van der Waals surface area contributed by atoms with Gasteiger partial charge in [0.25, 0.3) is 0 Å². The lowest BCUT2D eigenvalue weighted by molar-refractivity contribution is 0.00446. The summed E-state index contributed by atoms with van der Waals surface area (Å²) in [6.07, 6.45) is 5.60. The number of fused-ring (bicyclic) bond motifs is 1. The number of hydrogen-bond donors (Lipinski definition) is 5. The third-order valence-electron chi connectivity index (χ3n) is 7.65. The van der Waals surface area contributed by atoms with E-state index < -0.39 is 24.2 Å². The van der Waals surface area contributed by atoms with Crippen molar-refractivity contribution >= 4 is 33.3 Å². The van der Waals surface area contributed by atoms with E-state index in [0.29, 0.717) is 23.9 Å². The molecule has 1 saturated carbocycles. The van der Waals surface area contributed by atoms with Gasteiger partial charge in [-0.1, -0.05) is 24.3 Å². The first-order valence-corrected chi connectivity index (χ1v) is 14.3. The fourth-order valence-electron chi connectivity index (χ4n) is 5.32. The van der Waals surface area contributed by atoms with Crippen LogP contribution in [0.1, 0.15) is 30.6 Å². The van der Waals surface area contributed by atoms with Crippen molar-refractivity contribution in [3.05, 3.63) is 66.4 Å². The van der Waals surface area contributed by atoms with Crippen LogP contribution in [0.2, 0.25) is 0 Å². The van der Waals surface area contributed by atoms with Crippen LogP contribution in [0.3, 0.4) is 0 Å². The molecule has 5 atom stereocenters. The summed E-state index contributed by atoms with van der Waals surface area (Å²) >= 11 is 1.51. The van der Waals surface area contributed by atoms with Gasteiger partial charge in [0.15, 0.2) is 0 Å². The van der Waals surface area contributed by atoms with E-state index in [-0.39, 0.29) is 12.6 Å². The monoisotopic (exact) mass is 572 g/mol. The number of aryl methyl sites for hydroxylation is 2. The number of nitrogens with one attached hydrogen (secondary N) is 2. The number of benzene rings is 1. The molecule has 11 nitrogen and oxygen atoms in total. The molecular weight excluding hydrogens is 540 g/mol. The Morgan fingerprint density at radius 3 is 2.54 bits per heavy atom. The topological polar surface area (TPSA) is 154 Å². The Balaban J connectivity index is 1.31. The second-order valence-electron chi connectivity index (χ2n) is 10.5. The first-order valence-electron chi connectivity index (χ1n) is 13.5. The maximum absolute atomic E-state index is 10.7. The first kappa shape index (κ1) is 27.2. The van der Waals surface area contributed by atoms with Crippen molar-refractivity contribution in [3.8, 4) is 21.7 Å². The highest BCUT2D eigenvalue weighted by atomic mass is 32.1. The molecule has 6 rings (SSSR count). The smallest absolute Gasteiger partial charge is 0.225 e. The summed E-state index contributed by atoms with van der Waals surface area (Å²) in [5, 5.41) is 42.6. The third-order valence-corrected chi connectivity index (χ3v) is 8.70. The van der Waals surface area contributed by atoms with Crippen molar-refractivity contribution in [3.63, 3.8) is 0 Å². The number of aromatic nitrogens is 6. The van der Waals surface area contributed by atoms with Gasteiger partial charge in [-0.05, 0) is 37.5 Å². The molecule has 0 amide bonds. The molecule has 1 aliphatic carbocycles. The molecule has 0 bridgehead atoms. The Labute approximate surface area is 241 Å². The second kappa shape index (κ2) is 11.1. The number of anilines is 2. The first-order chi connectivity index (χ1) is 19.8. The molecule has 4 aromatic heterocycles. The highest BCUT2D eigenvalue weighted by molar-refractivity contribution is 7.21. The Hall–Kier alpha value is -3.97. The van der Waals surface area contributed by atoms with Crippen LogP contribution >= 0.6 is 11.3 Å². The molecule has 212 valence electrons. The van der Waals surface area contributed by atoms with Gasteiger partial charge in [0.1, 0.15) is 22.4 Å². The maximum Gasteiger partial charge on any atom is 0.225 e. The van der Waals surface area contributed by atoms with Gasteiger partial charge in [0.2, 0.25) is 5.95 Å².